The summed E-state index contributed by atoms with van der Waals surface area (Å²) >= 11 is 5.88. The average Bonchev–Trinajstić information content (AvgIpc) is 2.93. The second-order valence-electron chi connectivity index (χ2n) is 6.28. The van der Waals surface area contributed by atoms with E-state index in [0.717, 1.165) is 12.0 Å². The number of halogens is 1. The van der Waals surface area contributed by atoms with Crippen LogP contribution in [0.2, 0.25) is 5.02 Å². The van der Waals surface area contributed by atoms with Crippen LogP contribution in [0.4, 0.5) is 4.79 Å². The summed E-state index contributed by atoms with van der Waals surface area (Å²) in [6.07, 6.45) is 0.762. The first-order chi connectivity index (χ1) is 12.6. The summed E-state index contributed by atoms with van der Waals surface area (Å²) in [6, 6.07) is 16.6. The van der Waals surface area contributed by atoms with Crippen molar-refractivity contribution in [1.82, 2.24) is 15.1 Å². The first-order valence-corrected chi connectivity index (χ1v) is 9.13. The summed E-state index contributed by atoms with van der Waals surface area (Å²) < 4.78 is 0. The first-order valence-electron chi connectivity index (χ1n) is 8.75. The van der Waals surface area contributed by atoms with Crippen molar-refractivity contribution in [1.29, 1.82) is 0 Å². The van der Waals surface area contributed by atoms with Gasteiger partial charge in [0.05, 0.1) is 0 Å². The van der Waals surface area contributed by atoms with Gasteiger partial charge < -0.3 is 15.1 Å². The largest absolute Gasteiger partial charge is 0.337 e. The van der Waals surface area contributed by atoms with E-state index in [1.807, 2.05) is 30.3 Å². The number of urea groups is 1. The Balaban J connectivity index is 1.53. The van der Waals surface area contributed by atoms with Gasteiger partial charge in [-0.15, -0.1) is 0 Å². The summed E-state index contributed by atoms with van der Waals surface area (Å²) in [5, 5.41) is 3.56. The maximum Gasteiger partial charge on any atom is 0.317 e. The molecule has 0 atom stereocenters. The molecular weight excluding hydrogens is 350 g/mol. The molecule has 26 heavy (non-hydrogen) atoms. The number of hydrogen-bond donors (Lipinski definition) is 1. The smallest absolute Gasteiger partial charge is 0.317 e. The quantitative estimate of drug-likeness (QED) is 0.899. The van der Waals surface area contributed by atoms with Crippen LogP contribution in [0.5, 0.6) is 0 Å². The summed E-state index contributed by atoms with van der Waals surface area (Å²) in [6.45, 7) is 2.85. The average molecular weight is 372 g/mol. The minimum atomic E-state index is -0.0883. The highest BCUT2D eigenvalue weighted by Gasteiger charge is 2.22. The lowest BCUT2D eigenvalue weighted by molar-refractivity contribution is 0.0762. The summed E-state index contributed by atoms with van der Waals surface area (Å²) in [7, 11) is 0. The molecule has 0 spiro atoms. The molecule has 0 aliphatic carbocycles. The van der Waals surface area contributed by atoms with Crippen molar-refractivity contribution in [2.45, 2.75) is 13.0 Å². The molecule has 0 unspecified atom stereocenters. The number of rotatable bonds is 3. The van der Waals surface area contributed by atoms with Gasteiger partial charge in [0.1, 0.15) is 0 Å². The molecule has 1 aliphatic heterocycles. The van der Waals surface area contributed by atoms with Gasteiger partial charge in [0.25, 0.3) is 5.91 Å². The van der Waals surface area contributed by atoms with E-state index < -0.39 is 0 Å². The number of carbonyl (C=O) groups excluding carboxylic acids is 2. The molecule has 0 radical (unpaired) electrons. The number of carbonyl (C=O) groups is 2. The van der Waals surface area contributed by atoms with Crippen molar-refractivity contribution >= 4 is 23.5 Å². The third-order valence-corrected chi connectivity index (χ3v) is 4.70. The highest BCUT2D eigenvalue weighted by Crippen LogP contribution is 2.13. The van der Waals surface area contributed by atoms with Crippen LogP contribution in [0.1, 0.15) is 22.3 Å². The molecule has 1 fully saturated rings. The van der Waals surface area contributed by atoms with Crippen LogP contribution in [-0.4, -0.2) is 47.9 Å². The number of benzene rings is 2. The molecule has 2 aromatic rings. The second kappa shape index (κ2) is 8.72. The van der Waals surface area contributed by atoms with Crippen LogP contribution in [0.3, 0.4) is 0 Å². The van der Waals surface area contributed by atoms with Gasteiger partial charge in [-0.25, -0.2) is 4.79 Å². The van der Waals surface area contributed by atoms with E-state index in [-0.39, 0.29) is 11.9 Å². The van der Waals surface area contributed by atoms with E-state index in [4.69, 9.17) is 11.6 Å². The van der Waals surface area contributed by atoms with Crippen molar-refractivity contribution in [2.24, 2.45) is 0 Å². The highest BCUT2D eigenvalue weighted by atomic mass is 35.5. The van der Waals surface area contributed by atoms with Gasteiger partial charge >= 0.3 is 6.03 Å². The second-order valence-corrected chi connectivity index (χ2v) is 6.72. The van der Waals surface area contributed by atoms with E-state index in [0.29, 0.717) is 43.3 Å². The molecule has 6 heteroatoms. The summed E-state index contributed by atoms with van der Waals surface area (Å²) in [4.78, 5) is 28.6. The molecular formula is C20H22ClN3O2. The molecule has 0 bridgehead atoms. The fourth-order valence-electron chi connectivity index (χ4n) is 2.98. The highest BCUT2D eigenvalue weighted by molar-refractivity contribution is 6.30. The number of nitrogens with zero attached hydrogens (tertiary/aromatic N) is 2. The topological polar surface area (TPSA) is 52.7 Å². The third kappa shape index (κ3) is 4.76. The molecule has 2 aromatic carbocycles. The van der Waals surface area contributed by atoms with E-state index in [1.165, 1.54) is 0 Å². The van der Waals surface area contributed by atoms with E-state index in [9.17, 15) is 9.59 Å². The van der Waals surface area contributed by atoms with E-state index in [1.54, 1.807) is 34.1 Å². The Hall–Kier alpha value is -2.53. The zero-order chi connectivity index (χ0) is 18.4. The van der Waals surface area contributed by atoms with Crippen LogP contribution in [0.15, 0.2) is 54.6 Å². The van der Waals surface area contributed by atoms with Crippen molar-refractivity contribution in [3.8, 4) is 0 Å². The summed E-state index contributed by atoms with van der Waals surface area (Å²) in [5.74, 6) is -0.0202. The fourth-order valence-corrected chi connectivity index (χ4v) is 3.11. The Morgan fingerprint density at radius 2 is 1.54 bits per heavy atom. The predicted octanol–water partition coefficient (Wildman–Crippen LogP) is 3.40. The maximum atomic E-state index is 12.6. The van der Waals surface area contributed by atoms with Crippen LogP contribution in [-0.2, 0) is 6.54 Å². The minimum Gasteiger partial charge on any atom is -0.337 e. The van der Waals surface area contributed by atoms with Gasteiger partial charge in [-0.1, -0.05) is 41.9 Å². The molecule has 0 aromatic heterocycles. The van der Waals surface area contributed by atoms with Crippen LogP contribution >= 0.6 is 11.6 Å². The molecule has 3 rings (SSSR count). The van der Waals surface area contributed by atoms with Gasteiger partial charge in [-0.3, -0.25) is 4.79 Å². The normalized spacial score (nSPS) is 14.7. The van der Waals surface area contributed by atoms with E-state index >= 15 is 0 Å². The zero-order valence-electron chi connectivity index (χ0n) is 14.5. The number of amides is 3. The van der Waals surface area contributed by atoms with Gasteiger partial charge in [-0.05, 0) is 36.2 Å². The van der Waals surface area contributed by atoms with Crippen molar-refractivity contribution in [3.05, 3.63) is 70.7 Å². The zero-order valence-corrected chi connectivity index (χ0v) is 15.3. The van der Waals surface area contributed by atoms with Crippen molar-refractivity contribution < 1.29 is 9.59 Å². The predicted molar refractivity (Wildman–Crippen MR) is 102 cm³/mol. The lowest BCUT2D eigenvalue weighted by atomic mass is 10.2. The van der Waals surface area contributed by atoms with Gasteiger partial charge in [0.2, 0.25) is 0 Å². The molecule has 1 aliphatic rings. The Labute approximate surface area is 158 Å². The Morgan fingerprint density at radius 3 is 2.27 bits per heavy atom. The summed E-state index contributed by atoms with van der Waals surface area (Å²) in [5.41, 5.74) is 1.69. The van der Waals surface area contributed by atoms with Gasteiger partial charge in [-0.2, -0.15) is 0 Å². The van der Waals surface area contributed by atoms with Gasteiger partial charge in [0.15, 0.2) is 0 Å². The molecule has 1 saturated heterocycles. The molecule has 0 saturated carbocycles. The molecule has 1 heterocycles. The molecule has 3 amide bonds. The van der Waals surface area contributed by atoms with Crippen molar-refractivity contribution in [2.75, 3.05) is 26.2 Å². The first kappa shape index (κ1) is 18.3. The van der Waals surface area contributed by atoms with Crippen LogP contribution < -0.4 is 5.32 Å². The monoisotopic (exact) mass is 371 g/mol. The molecule has 5 nitrogen and oxygen atoms in total. The lowest BCUT2D eigenvalue weighted by Crippen LogP contribution is -2.42. The SMILES string of the molecule is O=C(NCc1ccccc1)N1CCCN(C(=O)c2ccc(Cl)cc2)CC1. The fraction of sp³-hybridized carbons (Fsp3) is 0.300. The van der Waals surface area contributed by atoms with Crippen molar-refractivity contribution in [3.63, 3.8) is 0 Å². The maximum absolute atomic E-state index is 12.6. The standard InChI is InChI=1S/C20H22ClN3O2/c21-18-9-7-17(8-10-18)19(25)23-11-4-12-24(14-13-23)20(26)22-15-16-5-2-1-3-6-16/h1-3,5-10H,4,11-15H2,(H,22,26). The Morgan fingerprint density at radius 1 is 0.885 bits per heavy atom. The number of nitrogens with one attached hydrogen (secondary N) is 1. The number of hydrogen-bond acceptors (Lipinski definition) is 2. The molecule has 136 valence electrons. The van der Waals surface area contributed by atoms with Crippen LogP contribution in [0.25, 0.3) is 0 Å². The Bertz CT molecular complexity index is 749. The minimum absolute atomic E-state index is 0.0202. The Kier molecular flexibility index (Phi) is 6.12. The van der Waals surface area contributed by atoms with Crippen LogP contribution in [0, 0.1) is 0 Å². The third-order valence-electron chi connectivity index (χ3n) is 4.45. The lowest BCUT2D eigenvalue weighted by Gasteiger charge is -2.22. The molecule has 1 N–H and O–H groups in total. The van der Waals surface area contributed by atoms with E-state index in [2.05, 4.69) is 5.32 Å². The van der Waals surface area contributed by atoms with Gasteiger partial charge in [0, 0.05) is 43.3 Å².